The van der Waals surface area contributed by atoms with E-state index in [-0.39, 0.29) is 49.3 Å². The van der Waals surface area contributed by atoms with E-state index in [1.54, 1.807) is 6.20 Å². The Morgan fingerprint density at radius 1 is 0.822 bits per heavy atom. The first-order valence-electron chi connectivity index (χ1n) is 15.7. The molecule has 0 fully saturated rings. The minimum absolute atomic E-state index is 0. The fraction of sp³-hybridized carbons (Fsp3) is 0.300. The minimum Gasteiger partial charge on any atom is -0.512 e. The van der Waals surface area contributed by atoms with Crippen molar-refractivity contribution in [1.29, 1.82) is 0 Å². The number of aryl methyl sites for hydroxylation is 2. The van der Waals surface area contributed by atoms with E-state index in [1.807, 2.05) is 95.3 Å². The monoisotopic (exact) mass is 781 g/mol. The van der Waals surface area contributed by atoms with Crippen molar-refractivity contribution in [2.24, 2.45) is 11.8 Å². The molecule has 0 saturated heterocycles. The summed E-state index contributed by atoms with van der Waals surface area (Å²) in [6.45, 7) is 12.2. The van der Waals surface area contributed by atoms with Crippen molar-refractivity contribution in [3.63, 3.8) is 0 Å². The van der Waals surface area contributed by atoms with Gasteiger partial charge in [-0.25, -0.2) is 4.39 Å². The molecule has 0 aliphatic carbocycles. The molecular formula is C40H43FIrNO2-. The molecule has 1 heterocycles. The zero-order valence-corrected chi connectivity index (χ0v) is 29.5. The van der Waals surface area contributed by atoms with E-state index in [0.29, 0.717) is 10.9 Å². The molecule has 0 atom stereocenters. The largest absolute Gasteiger partial charge is 0.512 e. The summed E-state index contributed by atoms with van der Waals surface area (Å²) in [7, 11) is 0. The Labute approximate surface area is 281 Å². The van der Waals surface area contributed by atoms with Gasteiger partial charge >= 0.3 is 0 Å². The van der Waals surface area contributed by atoms with Gasteiger partial charge in [0.25, 0.3) is 0 Å². The number of halogens is 1. The summed E-state index contributed by atoms with van der Waals surface area (Å²) in [6, 6.07) is 27.0. The molecule has 0 spiro atoms. The molecule has 3 nitrogen and oxygen atoms in total. The van der Waals surface area contributed by atoms with Gasteiger partial charge in [-0.2, -0.15) is 0 Å². The van der Waals surface area contributed by atoms with Crippen LogP contribution in [0.15, 0.2) is 90.8 Å². The molecule has 1 N–H and O–H groups in total. The third-order valence-electron chi connectivity index (χ3n) is 8.45. The molecule has 4 aromatic carbocycles. The maximum Gasteiger partial charge on any atom is 0.162 e. The van der Waals surface area contributed by atoms with Crippen LogP contribution in [0.3, 0.4) is 0 Å². The SMILES string of the molecule is CCC(CC)C(=O)/C=C(\O)C(CC)CC.Cc1[c-]c(-c2nccc3c2ccc2c(F)c(-c4ccccc4)ccc23)cc(C)c1.[Ir]. The van der Waals surface area contributed by atoms with E-state index >= 15 is 4.39 Å². The van der Waals surface area contributed by atoms with Crippen LogP contribution in [0.2, 0.25) is 0 Å². The molecule has 0 unspecified atom stereocenters. The second kappa shape index (κ2) is 16.6. The van der Waals surface area contributed by atoms with E-state index < -0.39 is 0 Å². The zero-order valence-electron chi connectivity index (χ0n) is 27.1. The number of allylic oxidation sites excluding steroid dienone is 2. The summed E-state index contributed by atoms with van der Waals surface area (Å²) in [5, 5.41) is 13.3. The number of carbonyl (C=O) groups excluding carboxylic acids is 1. The van der Waals surface area contributed by atoms with Gasteiger partial charge in [0.15, 0.2) is 5.78 Å². The van der Waals surface area contributed by atoms with Gasteiger partial charge in [0.1, 0.15) is 5.82 Å². The van der Waals surface area contributed by atoms with Crippen molar-refractivity contribution in [2.45, 2.75) is 67.2 Å². The number of aliphatic hydroxyl groups excluding tert-OH is 1. The Hall–Kier alpha value is -3.66. The quantitative estimate of drug-likeness (QED) is 0.0701. The summed E-state index contributed by atoms with van der Waals surface area (Å²) in [4.78, 5) is 16.3. The van der Waals surface area contributed by atoms with Crippen molar-refractivity contribution in [3.05, 3.63) is 114 Å². The smallest absolute Gasteiger partial charge is 0.162 e. The second-order valence-corrected chi connectivity index (χ2v) is 11.5. The number of fused-ring (bicyclic) bond motifs is 3. The fourth-order valence-electron chi connectivity index (χ4n) is 5.89. The number of hydrogen-bond acceptors (Lipinski definition) is 3. The van der Waals surface area contributed by atoms with Crippen LogP contribution in [0.5, 0.6) is 0 Å². The van der Waals surface area contributed by atoms with Crippen molar-refractivity contribution in [1.82, 2.24) is 4.98 Å². The normalized spacial score (nSPS) is 11.4. The third-order valence-corrected chi connectivity index (χ3v) is 8.45. The molecule has 237 valence electrons. The van der Waals surface area contributed by atoms with Gasteiger partial charge in [-0.15, -0.1) is 34.9 Å². The standard InChI is InChI=1S/C27H19FN.C13H24O2.Ir/c1-17-14-18(2)16-20(15-17)27-25-11-10-24-22(23(25)12-13-29-27)9-8-21(26(24)28)19-6-4-3-5-7-19;1-5-10(6-2)12(14)9-13(15)11(7-3)8-4;/h3-15H,1-2H3;9-11,14H,5-8H2,1-4H3;/q-1;;/b;12-9-;. The van der Waals surface area contributed by atoms with Gasteiger partial charge in [0.05, 0.1) is 5.76 Å². The summed E-state index contributed by atoms with van der Waals surface area (Å²) in [5.41, 5.74) is 5.60. The molecule has 1 aromatic heterocycles. The van der Waals surface area contributed by atoms with Crippen molar-refractivity contribution in [3.8, 4) is 22.4 Å². The van der Waals surface area contributed by atoms with Crippen molar-refractivity contribution < 1.29 is 34.4 Å². The molecule has 0 aliphatic rings. The van der Waals surface area contributed by atoms with Gasteiger partial charge < -0.3 is 10.1 Å². The van der Waals surface area contributed by atoms with Gasteiger partial charge in [0, 0.05) is 55.2 Å². The molecule has 5 aromatic rings. The maximum atomic E-state index is 15.4. The molecule has 0 saturated carbocycles. The number of hydrogen-bond donors (Lipinski definition) is 1. The predicted octanol–water partition coefficient (Wildman–Crippen LogP) is 11.1. The summed E-state index contributed by atoms with van der Waals surface area (Å²) in [5.74, 6) is 0.359. The molecule has 5 rings (SSSR count). The molecule has 45 heavy (non-hydrogen) atoms. The van der Waals surface area contributed by atoms with Crippen LogP contribution in [0.1, 0.15) is 64.5 Å². The topological polar surface area (TPSA) is 50.2 Å². The first-order chi connectivity index (χ1) is 21.2. The van der Waals surface area contributed by atoms with E-state index in [4.69, 9.17) is 0 Å². The second-order valence-electron chi connectivity index (χ2n) is 11.5. The summed E-state index contributed by atoms with van der Waals surface area (Å²) < 4.78 is 15.4. The molecule has 1 radical (unpaired) electrons. The molecule has 0 amide bonds. The van der Waals surface area contributed by atoms with E-state index in [2.05, 4.69) is 30.1 Å². The van der Waals surface area contributed by atoms with E-state index in [0.717, 1.165) is 64.2 Å². The van der Waals surface area contributed by atoms with Crippen LogP contribution in [0.25, 0.3) is 43.9 Å². The average molecular weight is 781 g/mol. The fourth-order valence-corrected chi connectivity index (χ4v) is 5.89. The number of benzene rings is 4. The number of aliphatic hydroxyl groups is 1. The average Bonchev–Trinajstić information content (AvgIpc) is 3.02. The van der Waals surface area contributed by atoms with Crippen LogP contribution in [0.4, 0.5) is 4.39 Å². The third kappa shape index (κ3) is 8.34. The van der Waals surface area contributed by atoms with Crippen LogP contribution in [0, 0.1) is 37.6 Å². The Morgan fingerprint density at radius 2 is 1.42 bits per heavy atom. The van der Waals surface area contributed by atoms with Gasteiger partial charge in [-0.3, -0.25) is 4.79 Å². The number of pyridine rings is 1. The minimum atomic E-state index is -0.188. The Kier molecular flexibility index (Phi) is 13.2. The number of rotatable bonds is 9. The predicted molar refractivity (Wildman–Crippen MR) is 182 cm³/mol. The van der Waals surface area contributed by atoms with Crippen LogP contribution < -0.4 is 0 Å². The summed E-state index contributed by atoms with van der Waals surface area (Å²) in [6.07, 6.45) is 6.70. The van der Waals surface area contributed by atoms with Gasteiger partial charge in [-0.05, 0) is 59.2 Å². The Balaban J connectivity index is 0.000000297. The number of ketones is 1. The first kappa shape index (κ1) is 35.8. The van der Waals surface area contributed by atoms with Crippen molar-refractivity contribution in [2.75, 3.05) is 0 Å². The zero-order chi connectivity index (χ0) is 31.8. The number of carbonyl (C=O) groups is 1. The Morgan fingerprint density at radius 3 is 2.04 bits per heavy atom. The first-order valence-corrected chi connectivity index (χ1v) is 15.7. The van der Waals surface area contributed by atoms with E-state index in [9.17, 15) is 9.90 Å². The van der Waals surface area contributed by atoms with Gasteiger partial charge in [-0.1, -0.05) is 96.1 Å². The number of aromatic nitrogens is 1. The maximum absolute atomic E-state index is 15.4. The van der Waals surface area contributed by atoms with E-state index in [1.165, 1.54) is 11.6 Å². The van der Waals surface area contributed by atoms with Crippen LogP contribution in [-0.4, -0.2) is 15.9 Å². The van der Waals surface area contributed by atoms with Crippen LogP contribution >= 0.6 is 0 Å². The molecule has 5 heteroatoms. The Bertz CT molecular complexity index is 1750. The van der Waals surface area contributed by atoms with Crippen LogP contribution in [-0.2, 0) is 24.9 Å². The summed E-state index contributed by atoms with van der Waals surface area (Å²) >= 11 is 0. The van der Waals surface area contributed by atoms with Crippen molar-refractivity contribution >= 4 is 27.3 Å². The molecular weight excluding hydrogens is 738 g/mol. The van der Waals surface area contributed by atoms with Gasteiger partial charge in [0.2, 0.25) is 0 Å². The molecule has 0 bridgehead atoms. The molecule has 0 aliphatic heterocycles. The number of nitrogens with zero attached hydrogens (tertiary/aromatic N) is 1.